The van der Waals surface area contributed by atoms with Crippen LogP contribution in [-0.4, -0.2) is 59.7 Å². The number of anilines is 1. The first-order chi connectivity index (χ1) is 17.0. The molecule has 3 aromatic rings. The summed E-state index contributed by atoms with van der Waals surface area (Å²) in [4.78, 5) is 16.8. The molecule has 0 saturated carbocycles. The maximum absolute atomic E-state index is 10.9. The summed E-state index contributed by atoms with van der Waals surface area (Å²) in [6, 6.07) is 12.5. The highest BCUT2D eigenvalue weighted by molar-refractivity contribution is 6.35. The fraction of sp³-hybridized carbons (Fsp3) is 0.292. The Labute approximate surface area is 212 Å². The van der Waals surface area contributed by atoms with E-state index >= 15 is 0 Å². The van der Waals surface area contributed by atoms with Crippen molar-refractivity contribution in [2.75, 3.05) is 31.2 Å². The standard InChI is InChI=1S/C24H24Cl2N4O5/c25-18-1-6-22(23(26)13-18)24(16-29-9-7-27-17-29)34-15-21(35-24)14-33-20-4-2-19(3-5-20)30(11-12-31)10-8-28-32/h1-9,12-13,17,21,32H,10-11,14-16H2/b28-8+/t21-,24-/m1/s1. The zero-order valence-electron chi connectivity index (χ0n) is 18.7. The number of oxime groups is 1. The van der Waals surface area contributed by atoms with Gasteiger partial charge in [-0.05, 0) is 36.4 Å². The molecule has 1 N–H and O–H groups in total. The minimum Gasteiger partial charge on any atom is -0.491 e. The van der Waals surface area contributed by atoms with E-state index in [1.807, 2.05) is 22.9 Å². The number of hydrogen-bond acceptors (Lipinski definition) is 8. The Kier molecular flexibility index (Phi) is 8.25. The second kappa shape index (κ2) is 11.5. The molecule has 184 valence electrons. The van der Waals surface area contributed by atoms with Gasteiger partial charge in [0.1, 0.15) is 24.7 Å². The van der Waals surface area contributed by atoms with E-state index in [0.29, 0.717) is 41.1 Å². The van der Waals surface area contributed by atoms with Crippen LogP contribution in [0.4, 0.5) is 5.69 Å². The largest absolute Gasteiger partial charge is 0.491 e. The average molecular weight is 519 g/mol. The van der Waals surface area contributed by atoms with E-state index < -0.39 is 5.79 Å². The molecule has 0 radical (unpaired) electrons. The van der Waals surface area contributed by atoms with Gasteiger partial charge in [-0.1, -0.05) is 29.3 Å². The molecule has 1 aromatic heterocycles. The minimum atomic E-state index is -1.12. The number of carbonyl (C=O) groups excluding carboxylic acids is 1. The van der Waals surface area contributed by atoms with Crippen molar-refractivity contribution in [3.05, 3.63) is 76.8 Å². The minimum absolute atomic E-state index is 0.172. The van der Waals surface area contributed by atoms with Crippen molar-refractivity contribution in [1.82, 2.24) is 9.55 Å². The number of aromatic nitrogens is 2. The lowest BCUT2D eigenvalue weighted by molar-refractivity contribution is -0.189. The summed E-state index contributed by atoms with van der Waals surface area (Å²) in [5.41, 5.74) is 1.47. The summed E-state index contributed by atoms with van der Waals surface area (Å²) < 4.78 is 20.4. The van der Waals surface area contributed by atoms with Gasteiger partial charge in [0.2, 0.25) is 5.79 Å². The van der Waals surface area contributed by atoms with Gasteiger partial charge in [-0.15, -0.1) is 5.16 Å². The van der Waals surface area contributed by atoms with Gasteiger partial charge in [-0.25, -0.2) is 4.98 Å². The van der Waals surface area contributed by atoms with Crippen LogP contribution in [0.2, 0.25) is 10.0 Å². The Morgan fingerprint density at radius 2 is 2.09 bits per heavy atom. The molecule has 11 heteroatoms. The molecule has 2 atom stereocenters. The molecule has 0 aliphatic carbocycles. The van der Waals surface area contributed by atoms with Gasteiger partial charge in [-0.2, -0.15) is 0 Å². The molecule has 1 fully saturated rings. The highest BCUT2D eigenvalue weighted by Crippen LogP contribution is 2.40. The van der Waals surface area contributed by atoms with Gasteiger partial charge < -0.3 is 33.7 Å². The summed E-state index contributed by atoms with van der Waals surface area (Å²) in [6.45, 7) is 1.38. The number of benzene rings is 2. The lowest BCUT2D eigenvalue weighted by Gasteiger charge is -2.30. The molecule has 9 nitrogen and oxygen atoms in total. The van der Waals surface area contributed by atoms with Crippen LogP contribution >= 0.6 is 23.2 Å². The normalized spacial score (nSPS) is 19.8. The van der Waals surface area contributed by atoms with E-state index in [2.05, 4.69) is 10.1 Å². The second-order valence-corrected chi connectivity index (χ2v) is 8.68. The number of nitrogens with zero attached hydrogens (tertiary/aromatic N) is 4. The highest BCUT2D eigenvalue weighted by Gasteiger charge is 2.45. The zero-order chi connectivity index (χ0) is 24.7. The van der Waals surface area contributed by atoms with Crippen LogP contribution in [0.1, 0.15) is 5.56 Å². The van der Waals surface area contributed by atoms with Crippen LogP contribution in [-0.2, 0) is 26.6 Å². The Balaban J connectivity index is 1.44. The fourth-order valence-corrected chi connectivity index (χ4v) is 4.38. The maximum atomic E-state index is 10.9. The van der Waals surface area contributed by atoms with Crippen LogP contribution < -0.4 is 9.64 Å². The van der Waals surface area contributed by atoms with E-state index in [0.717, 1.165) is 12.0 Å². The van der Waals surface area contributed by atoms with Gasteiger partial charge in [0, 0.05) is 28.7 Å². The highest BCUT2D eigenvalue weighted by atomic mass is 35.5. The number of hydrogen-bond donors (Lipinski definition) is 1. The maximum Gasteiger partial charge on any atom is 0.215 e. The zero-order valence-corrected chi connectivity index (χ0v) is 20.2. The molecular weight excluding hydrogens is 495 g/mol. The number of carbonyl (C=O) groups is 1. The Bertz CT molecular complexity index is 1140. The smallest absolute Gasteiger partial charge is 0.215 e. The summed E-state index contributed by atoms with van der Waals surface area (Å²) in [7, 11) is 0. The summed E-state index contributed by atoms with van der Waals surface area (Å²) in [5.74, 6) is -0.486. The van der Waals surface area contributed by atoms with Gasteiger partial charge >= 0.3 is 0 Å². The van der Waals surface area contributed by atoms with Crippen molar-refractivity contribution < 1.29 is 24.2 Å². The number of halogens is 2. The van der Waals surface area contributed by atoms with Gasteiger partial charge in [0.15, 0.2) is 0 Å². The molecule has 1 aliphatic rings. The molecule has 0 spiro atoms. The molecule has 2 heterocycles. The van der Waals surface area contributed by atoms with Gasteiger partial charge in [-0.3, -0.25) is 0 Å². The Hall–Kier alpha value is -3.11. The number of ether oxygens (including phenoxy) is 3. The van der Waals surface area contributed by atoms with Crippen molar-refractivity contribution in [2.24, 2.45) is 5.16 Å². The molecule has 0 amide bonds. The summed E-state index contributed by atoms with van der Waals surface area (Å²) >= 11 is 12.6. The molecular formula is C24H24Cl2N4O5. The lowest BCUT2D eigenvalue weighted by atomic mass is 10.1. The molecule has 35 heavy (non-hydrogen) atoms. The van der Waals surface area contributed by atoms with Crippen LogP contribution in [0.5, 0.6) is 5.75 Å². The van der Waals surface area contributed by atoms with Crippen LogP contribution in [0.25, 0.3) is 0 Å². The average Bonchev–Trinajstić information content (AvgIpc) is 3.51. The predicted octanol–water partition coefficient (Wildman–Crippen LogP) is 4.00. The van der Waals surface area contributed by atoms with E-state index in [4.69, 9.17) is 42.6 Å². The molecule has 0 unspecified atom stereocenters. The van der Waals surface area contributed by atoms with Crippen molar-refractivity contribution in [1.29, 1.82) is 0 Å². The SMILES string of the molecule is O=CCN(C/C=N/O)c1ccc(OC[C@@H]2CO[C@@](Cn3ccnc3)(c3ccc(Cl)cc3Cl)O2)cc1. The van der Waals surface area contributed by atoms with E-state index in [1.165, 1.54) is 6.21 Å². The van der Waals surface area contributed by atoms with Crippen molar-refractivity contribution in [3.8, 4) is 5.75 Å². The van der Waals surface area contributed by atoms with Crippen molar-refractivity contribution in [3.63, 3.8) is 0 Å². The van der Waals surface area contributed by atoms with Gasteiger partial charge in [0.25, 0.3) is 0 Å². The van der Waals surface area contributed by atoms with Gasteiger partial charge in [0.05, 0.1) is 43.8 Å². The van der Waals surface area contributed by atoms with E-state index in [1.54, 1.807) is 47.8 Å². The van der Waals surface area contributed by atoms with Crippen molar-refractivity contribution >= 4 is 41.4 Å². The first-order valence-electron chi connectivity index (χ1n) is 10.8. The summed E-state index contributed by atoms with van der Waals surface area (Å²) in [6.07, 6.45) is 6.94. The van der Waals surface area contributed by atoms with E-state index in [9.17, 15) is 4.79 Å². The first kappa shape index (κ1) is 25.0. The number of rotatable bonds is 11. The fourth-order valence-electron chi connectivity index (χ4n) is 3.83. The third-order valence-corrected chi connectivity index (χ3v) is 6.02. The van der Waals surface area contributed by atoms with Crippen LogP contribution in [0.3, 0.4) is 0 Å². The molecule has 1 aliphatic heterocycles. The first-order valence-corrected chi connectivity index (χ1v) is 11.6. The predicted molar refractivity (Wildman–Crippen MR) is 132 cm³/mol. The molecule has 0 bridgehead atoms. The topological polar surface area (TPSA) is 98.4 Å². The lowest BCUT2D eigenvalue weighted by Crippen LogP contribution is -2.34. The third-order valence-electron chi connectivity index (χ3n) is 5.47. The Morgan fingerprint density at radius 1 is 1.26 bits per heavy atom. The molecule has 2 aromatic carbocycles. The summed E-state index contributed by atoms with van der Waals surface area (Å²) in [5, 5.41) is 12.6. The van der Waals surface area contributed by atoms with Crippen molar-refractivity contribution in [2.45, 2.75) is 18.4 Å². The molecule has 1 saturated heterocycles. The monoisotopic (exact) mass is 518 g/mol. The van der Waals surface area contributed by atoms with E-state index in [-0.39, 0.29) is 19.3 Å². The quantitative estimate of drug-likeness (QED) is 0.177. The Morgan fingerprint density at radius 3 is 2.77 bits per heavy atom. The number of aldehydes is 1. The molecule has 4 rings (SSSR count). The van der Waals surface area contributed by atoms with Crippen LogP contribution in [0, 0.1) is 0 Å². The second-order valence-electron chi connectivity index (χ2n) is 7.84. The van der Waals surface area contributed by atoms with Crippen LogP contribution in [0.15, 0.2) is 66.3 Å². The number of imidazole rings is 1. The third kappa shape index (κ3) is 6.12.